The van der Waals surface area contributed by atoms with Crippen LogP contribution in [-0.4, -0.2) is 9.30 Å². The van der Waals surface area contributed by atoms with E-state index in [0.717, 1.165) is 6.07 Å². The van der Waals surface area contributed by atoms with Gasteiger partial charge in [-0.2, -0.15) is 13.2 Å². The molecular formula is C13H20F3NOS2. The molecule has 0 saturated carbocycles. The molecule has 116 valence electrons. The van der Waals surface area contributed by atoms with Gasteiger partial charge in [-0.15, -0.1) is 16.1 Å². The Balaban J connectivity index is 2.95. The summed E-state index contributed by atoms with van der Waals surface area (Å²) in [6, 6.07) is 2.19. The second kappa shape index (κ2) is 6.25. The van der Waals surface area contributed by atoms with E-state index in [0.29, 0.717) is 16.2 Å². The maximum Gasteiger partial charge on any atom is 0.425 e. The summed E-state index contributed by atoms with van der Waals surface area (Å²) in [5.74, 6) is 0.0426. The highest BCUT2D eigenvalue weighted by Gasteiger charge is 2.35. The quantitative estimate of drug-likeness (QED) is 0.826. The highest BCUT2D eigenvalue weighted by atomic mass is 32.2. The Morgan fingerprint density at radius 2 is 1.75 bits per heavy atom. The molecular weight excluding hydrogens is 307 g/mol. The molecule has 1 heterocycles. The summed E-state index contributed by atoms with van der Waals surface area (Å²) in [5.41, 5.74) is 0. The van der Waals surface area contributed by atoms with E-state index in [4.69, 9.17) is 0 Å². The molecule has 2 nitrogen and oxygen atoms in total. The molecule has 20 heavy (non-hydrogen) atoms. The summed E-state index contributed by atoms with van der Waals surface area (Å²) in [5, 5.41) is 0. The van der Waals surface area contributed by atoms with E-state index < -0.39 is 27.2 Å². The van der Waals surface area contributed by atoms with Crippen molar-refractivity contribution in [2.45, 2.75) is 51.6 Å². The van der Waals surface area contributed by atoms with Crippen LogP contribution in [0.1, 0.15) is 50.4 Å². The van der Waals surface area contributed by atoms with Crippen molar-refractivity contribution in [3.63, 3.8) is 0 Å². The Kier molecular flexibility index (Phi) is 5.57. The highest BCUT2D eigenvalue weighted by Crippen LogP contribution is 2.38. The van der Waals surface area contributed by atoms with Gasteiger partial charge in [-0.3, -0.25) is 0 Å². The van der Waals surface area contributed by atoms with Crippen molar-refractivity contribution >= 4 is 22.7 Å². The standard InChI is InChI=1S/C13H20F3NOS2/c1-8(2)11(17-20(18)12(3,4)5)9-6-7-10(19-9)13(14,15)16/h6-8,11,17H,1-5H3/t11-,20?/m1/s1. The average molecular weight is 327 g/mol. The van der Waals surface area contributed by atoms with Crippen LogP contribution < -0.4 is 4.72 Å². The van der Waals surface area contributed by atoms with Gasteiger partial charge in [0.2, 0.25) is 0 Å². The summed E-state index contributed by atoms with van der Waals surface area (Å²) in [6.07, 6.45) is -4.33. The summed E-state index contributed by atoms with van der Waals surface area (Å²) in [6.45, 7) is 9.25. The lowest BCUT2D eigenvalue weighted by Gasteiger charge is -2.29. The lowest BCUT2D eigenvalue weighted by Crippen LogP contribution is -2.42. The molecule has 1 rings (SSSR count). The van der Waals surface area contributed by atoms with Crippen molar-refractivity contribution in [1.82, 2.24) is 4.72 Å². The first-order valence-electron chi connectivity index (χ1n) is 6.28. The fraction of sp³-hybridized carbons (Fsp3) is 0.692. The third-order valence-corrected chi connectivity index (χ3v) is 5.46. The van der Waals surface area contributed by atoms with Gasteiger partial charge in [-0.1, -0.05) is 13.8 Å². The fourth-order valence-corrected chi connectivity index (χ4v) is 3.64. The zero-order valence-electron chi connectivity index (χ0n) is 12.2. The Morgan fingerprint density at radius 1 is 1.20 bits per heavy atom. The molecule has 0 fully saturated rings. The minimum Gasteiger partial charge on any atom is -0.598 e. The third-order valence-electron chi connectivity index (χ3n) is 2.67. The molecule has 0 spiro atoms. The van der Waals surface area contributed by atoms with Crippen molar-refractivity contribution in [2.24, 2.45) is 5.92 Å². The van der Waals surface area contributed by atoms with Crippen molar-refractivity contribution < 1.29 is 17.7 Å². The zero-order chi connectivity index (χ0) is 15.7. The first-order chi connectivity index (χ1) is 8.93. The van der Waals surface area contributed by atoms with Crippen LogP contribution in [0.2, 0.25) is 0 Å². The molecule has 0 amide bonds. The van der Waals surface area contributed by atoms with E-state index in [-0.39, 0.29) is 12.0 Å². The number of thiophene rings is 1. The van der Waals surface area contributed by atoms with E-state index in [1.807, 2.05) is 34.6 Å². The average Bonchev–Trinajstić information content (AvgIpc) is 2.71. The van der Waals surface area contributed by atoms with Crippen LogP contribution in [0.15, 0.2) is 12.1 Å². The van der Waals surface area contributed by atoms with Gasteiger partial charge in [-0.05, 0) is 38.8 Å². The minimum atomic E-state index is -4.33. The molecule has 0 bridgehead atoms. The van der Waals surface area contributed by atoms with E-state index in [2.05, 4.69) is 4.72 Å². The second-order valence-corrected chi connectivity index (χ2v) is 9.03. The lowest BCUT2D eigenvalue weighted by atomic mass is 10.0. The number of nitrogens with one attached hydrogen (secondary N) is 1. The minimum absolute atomic E-state index is 0.0426. The Bertz CT molecular complexity index is 438. The van der Waals surface area contributed by atoms with E-state index in [1.54, 1.807) is 0 Å². The van der Waals surface area contributed by atoms with Gasteiger partial charge in [0.15, 0.2) is 0 Å². The Morgan fingerprint density at radius 3 is 2.10 bits per heavy atom. The van der Waals surface area contributed by atoms with Crippen LogP contribution in [0.25, 0.3) is 0 Å². The maximum atomic E-state index is 12.6. The molecule has 1 unspecified atom stereocenters. The lowest BCUT2D eigenvalue weighted by molar-refractivity contribution is -0.134. The summed E-state index contributed by atoms with van der Waals surface area (Å²) in [4.78, 5) is -0.0635. The molecule has 0 aliphatic rings. The molecule has 0 aliphatic heterocycles. The van der Waals surface area contributed by atoms with Crippen LogP contribution in [0.4, 0.5) is 13.2 Å². The first kappa shape index (κ1) is 17.8. The van der Waals surface area contributed by atoms with E-state index in [1.165, 1.54) is 6.07 Å². The summed E-state index contributed by atoms with van der Waals surface area (Å²) >= 11 is -0.618. The van der Waals surface area contributed by atoms with Crippen LogP contribution >= 0.6 is 11.3 Å². The molecule has 2 atom stereocenters. The van der Waals surface area contributed by atoms with E-state index in [9.17, 15) is 17.7 Å². The smallest absolute Gasteiger partial charge is 0.425 e. The van der Waals surface area contributed by atoms with Gasteiger partial charge in [0.05, 0.1) is 6.04 Å². The summed E-state index contributed by atoms with van der Waals surface area (Å²) in [7, 11) is 0. The van der Waals surface area contributed by atoms with Crippen LogP contribution in [-0.2, 0) is 17.5 Å². The van der Waals surface area contributed by atoms with Gasteiger partial charge in [0.25, 0.3) is 0 Å². The van der Waals surface area contributed by atoms with Crippen LogP contribution in [0, 0.1) is 5.92 Å². The van der Waals surface area contributed by atoms with Crippen molar-refractivity contribution in [1.29, 1.82) is 0 Å². The topological polar surface area (TPSA) is 35.1 Å². The molecule has 1 aromatic rings. The first-order valence-corrected chi connectivity index (χ1v) is 8.24. The largest absolute Gasteiger partial charge is 0.598 e. The van der Waals surface area contributed by atoms with Crippen molar-refractivity contribution in [3.8, 4) is 0 Å². The normalized spacial score (nSPS) is 16.5. The van der Waals surface area contributed by atoms with E-state index >= 15 is 0 Å². The monoisotopic (exact) mass is 327 g/mol. The highest BCUT2D eigenvalue weighted by molar-refractivity contribution is 7.90. The number of rotatable bonds is 4. The molecule has 0 aliphatic carbocycles. The fourth-order valence-electron chi connectivity index (χ4n) is 1.49. The molecule has 0 saturated heterocycles. The predicted molar refractivity (Wildman–Crippen MR) is 77.9 cm³/mol. The van der Waals surface area contributed by atoms with Gasteiger partial charge in [0.1, 0.15) is 9.62 Å². The molecule has 7 heteroatoms. The van der Waals surface area contributed by atoms with Gasteiger partial charge in [0, 0.05) is 16.2 Å². The summed E-state index contributed by atoms with van der Waals surface area (Å²) < 4.78 is 52.6. The van der Waals surface area contributed by atoms with Gasteiger partial charge >= 0.3 is 6.18 Å². The number of halogens is 3. The molecule has 1 aromatic heterocycles. The van der Waals surface area contributed by atoms with Crippen molar-refractivity contribution in [2.75, 3.05) is 0 Å². The third kappa shape index (κ3) is 4.65. The van der Waals surface area contributed by atoms with Crippen molar-refractivity contribution in [3.05, 3.63) is 21.9 Å². The molecule has 0 radical (unpaired) electrons. The second-order valence-electron chi connectivity index (χ2n) is 5.92. The number of hydrogen-bond acceptors (Lipinski definition) is 3. The molecule has 0 aromatic carbocycles. The van der Waals surface area contributed by atoms with Crippen LogP contribution in [0.5, 0.6) is 0 Å². The maximum absolute atomic E-state index is 12.6. The zero-order valence-corrected chi connectivity index (χ0v) is 13.8. The van der Waals surface area contributed by atoms with Gasteiger partial charge < -0.3 is 4.55 Å². The Hall–Kier alpha value is -0.240. The molecule has 1 N–H and O–H groups in total. The van der Waals surface area contributed by atoms with Crippen LogP contribution in [0.3, 0.4) is 0 Å². The number of alkyl halides is 3. The predicted octanol–water partition coefficient (Wildman–Crippen LogP) is 4.52. The number of hydrogen-bond donors (Lipinski definition) is 1. The SMILES string of the molecule is CC(C)[C@@H](N[S+]([O-])C(C)(C)C)c1ccc(C(F)(F)F)s1. The van der Waals surface area contributed by atoms with Gasteiger partial charge in [-0.25, -0.2) is 0 Å². The Labute approximate surface area is 125 Å².